The molecular weight excluding hydrogens is 262 g/mol. The Bertz CT molecular complexity index is 458. The summed E-state index contributed by atoms with van der Waals surface area (Å²) in [4.78, 5) is 4.08. The Labute approximate surface area is 94.7 Å². The fraction of sp³-hybridized carbons (Fsp3) is 0.375. The van der Waals surface area contributed by atoms with Crippen molar-refractivity contribution in [2.75, 3.05) is 0 Å². The van der Waals surface area contributed by atoms with Crippen molar-refractivity contribution in [2.45, 2.75) is 6.10 Å². The lowest BCUT2D eigenvalue weighted by Gasteiger charge is -2.10. The molecule has 1 atom stereocenters. The predicted molar refractivity (Wildman–Crippen MR) is 56.0 cm³/mol. The van der Waals surface area contributed by atoms with Crippen LogP contribution in [0.1, 0.15) is 17.6 Å². The zero-order valence-corrected chi connectivity index (χ0v) is 9.88. The molecule has 0 aliphatic heterocycles. The topological polar surface area (TPSA) is 68.8 Å². The normalized spacial score (nSPS) is 13.1. The SMILES string of the molecule is Cn1ccnc1C(O)c1c(Br)nnn1C. The molecule has 1 N–H and O–H groups in total. The van der Waals surface area contributed by atoms with Crippen LogP contribution in [0.15, 0.2) is 17.0 Å². The van der Waals surface area contributed by atoms with E-state index in [0.29, 0.717) is 16.1 Å². The van der Waals surface area contributed by atoms with Crippen molar-refractivity contribution in [1.29, 1.82) is 0 Å². The van der Waals surface area contributed by atoms with Gasteiger partial charge in [0.25, 0.3) is 0 Å². The Kier molecular flexibility index (Phi) is 2.57. The van der Waals surface area contributed by atoms with Gasteiger partial charge in [0.15, 0.2) is 10.7 Å². The summed E-state index contributed by atoms with van der Waals surface area (Å²) in [7, 11) is 3.54. The average molecular weight is 272 g/mol. The molecule has 0 fully saturated rings. The number of rotatable bonds is 2. The molecule has 0 radical (unpaired) electrons. The summed E-state index contributed by atoms with van der Waals surface area (Å²) in [6.45, 7) is 0. The van der Waals surface area contributed by atoms with Gasteiger partial charge in [-0.1, -0.05) is 5.21 Å². The fourth-order valence-corrected chi connectivity index (χ4v) is 1.94. The Balaban J connectivity index is 2.45. The first-order chi connectivity index (χ1) is 7.11. The van der Waals surface area contributed by atoms with Crippen LogP contribution in [-0.2, 0) is 14.1 Å². The molecule has 0 aliphatic carbocycles. The minimum atomic E-state index is -0.834. The van der Waals surface area contributed by atoms with Crippen LogP contribution in [0.3, 0.4) is 0 Å². The molecule has 0 saturated heterocycles. The van der Waals surface area contributed by atoms with E-state index in [1.165, 1.54) is 4.68 Å². The molecule has 2 aromatic rings. The molecule has 2 rings (SSSR count). The summed E-state index contributed by atoms with van der Waals surface area (Å²) in [5.74, 6) is 0.557. The highest BCUT2D eigenvalue weighted by molar-refractivity contribution is 9.10. The van der Waals surface area contributed by atoms with Crippen molar-refractivity contribution in [1.82, 2.24) is 24.5 Å². The number of imidazole rings is 1. The van der Waals surface area contributed by atoms with Gasteiger partial charge in [0.1, 0.15) is 11.5 Å². The molecule has 6 nitrogen and oxygen atoms in total. The van der Waals surface area contributed by atoms with Gasteiger partial charge in [-0.15, -0.1) is 5.10 Å². The predicted octanol–water partition coefficient (Wildman–Crippen LogP) is 0.393. The van der Waals surface area contributed by atoms with Gasteiger partial charge in [-0.25, -0.2) is 9.67 Å². The Hall–Kier alpha value is -1.21. The number of aliphatic hydroxyl groups excluding tert-OH is 1. The third-order valence-electron chi connectivity index (χ3n) is 2.19. The maximum Gasteiger partial charge on any atom is 0.156 e. The monoisotopic (exact) mass is 271 g/mol. The zero-order valence-electron chi connectivity index (χ0n) is 8.29. The summed E-state index contributed by atoms with van der Waals surface area (Å²) < 4.78 is 3.80. The molecule has 0 saturated carbocycles. The van der Waals surface area contributed by atoms with Crippen molar-refractivity contribution in [2.24, 2.45) is 14.1 Å². The van der Waals surface area contributed by atoms with E-state index in [0.717, 1.165) is 0 Å². The highest BCUT2D eigenvalue weighted by atomic mass is 79.9. The Morgan fingerprint density at radius 2 is 2.20 bits per heavy atom. The maximum absolute atomic E-state index is 10.1. The second-order valence-corrected chi connectivity index (χ2v) is 3.94. The molecule has 0 amide bonds. The smallest absolute Gasteiger partial charge is 0.156 e. The lowest BCUT2D eigenvalue weighted by molar-refractivity contribution is 0.195. The molecule has 1 unspecified atom stereocenters. The Morgan fingerprint density at radius 3 is 2.67 bits per heavy atom. The first kappa shape index (κ1) is 10.3. The van der Waals surface area contributed by atoms with Crippen LogP contribution < -0.4 is 0 Å². The van der Waals surface area contributed by atoms with Crippen LogP contribution in [0, 0.1) is 0 Å². The van der Waals surface area contributed by atoms with Crippen LogP contribution >= 0.6 is 15.9 Å². The quantitative estimate of drug-likeness (QED) is 0.858. The number of nitrogens with zero attached hydrogens (tertiary/aromatic N) is 5. The van der Waals surface area contributed by atoms with Crippen LogP contribution in [0.25, 0.3) is 0 Å². The number of hydrogen-bond acceptors (Lipinski definition) is 4. The largest absolute Gasteiger partial charge is 0.379 e. The first-order valence-corrected chi connectivity index (χ1v) is 5.11. The van der Waals surface area contributed by atoms with Crippen LogP contribution in [0.4, 0.5) is 0 Å². The van der Waals surface area contributed by atoms with Gasteiger partial charge in [-0.2, -0.15) is 0 Å². The number of aryl methyl sites for hydroxylation is 2. The lowest BCUT2D eigenvalue weighted by Crippen LogP contribution is -2.11. The van der Waals surface area contributed by atoms with E-state index >= 15 is 0 Å². The summed E-state index contributed by atoms with van der Waals surface area (Å²) in [5, 5.41) is 17.7. The van der Waals surface area contributed by atoms with Gasteiger partial charge >= 0.3 is 0 Å². The third-order valence-corrected chi connectivity index (χ3v) is 2.75. The number of halogens is 1. The average Bonchev–Trinajstić information content (AvgIpc) is 2.73. The van der Waals surface area contributed by atoms with Crippen molar-refractivity contribution < 1.29 is 5.11 Å². The molecule has 2 aromatic heterocycles. The number of aliphatic hydroxyl groups is 1. The maximum atomic E-state index is 10.1. The van der Waals surface area contributed by atoms with E-state index in [2.05, 4.69) is 31.2 Å². The highest BCUT2D eigenvalue weighted by Crippen LogP contribution is 2.24. The molecule has 0 aliphatic rings. The number of hydrogen-bond donors (Lipinski definition) is 1. The van der Waals surface area contributed by atoms with Crippen molar-refractivity contribution in [3.05, 3.63) is 28.5 Å². The van der Waals surface area contributed by atoms with E-state index in [1.807, 2.05) is 7.05 Å². The molecule has 0 aromatic carbocycles. The molecule has 2 heterocycles. The molecular formula is C8H10BrN5O. The van der Waals surface area contributed by atoms with Gasteiger partial charge < -0.3 is 9.67 Å². The Morgan fingerprint density at radius 1 is 1.47 bits per heavy atom. The van der Waals surface area contributed by atoms with Crippen molar-refractivity contribution in [3.63, 3.8) is 0 Å². The van der Waals surface area contributed by atoms with Crippen molar-refractivity contribution in [3.8, 4) is 0 Å². The first-order valence-electron chi connectivity index (χ1n) is 4.31. The highest BCUT2D eigenvalue weighted by Gasteiger charge is 2.22. The minimum absolute atomic E-state index is 0.528. The molecule has 15 heavy (non-hydrogen) atoms. The van der Waals surface area contributed by atoms with Crippen molar-refractivity contribution >= 4 is 15.9 Å². The van der Waals surface area contributed by atoms with E-state index in [4.69, 9.17) is 0 Å². The van der Waals surface area contributed by atoms with Gasteiger partial charge in [0, 0.05) is 26.5 Å². The van der Waals surface area contributed by atoms with E-state index < -0.39 is 6.10 Å². The standard InChI is InChI=1S/C8H10BrN5O/c1-13-4-3-10-8(13)6(15)5-7(9)11-12-14(5)2/h3-4,6,15H,1-2H3. The van der Waals surface area contributed by atoms with Crippen LogP contribution in [-0.4, -0.2) is 29.7 Å². The summed E-state index contributed by atoms with van der Waals surface area (Å²) in [5.41, 5.74) is 0.587. The molecule has 80 valence electrons. The van der Waals surface area contributed by atoms with Crippen LogP contribution in [0.2, 0.25) is 0 Å². The second kappa shape index (κ2) is 3.74. The molecule has 0 spiro atoms. The van der Waals surface area contributed by atoms with E-state index in [9.17, 15) is 5.11 Å². The van der Waals surface area contributed by atoms with Crippen LogP contribution in [0.5, 0.6) is 0 Å². The minimum Gasteiger partial charge on any atom is -0.379 e. The second-order valence-electron chi connectivity index (χ2n) is 3.19. The summed E-state index contributed by atoms with van der Waals surface area (Å²) in [6, 6.07) is 0. The fourth-order valence-electron chi connectivity index (χ4n) is 1.39. The van der Waals surface area contributed by atoms with Gasteiger partial charge in [0.05, 0.1) is 0 Å². The van der Waals surface area contributed by atoms with Gasteiger partial charge in [-0.3, -0.25) is 0 Å². The molecule has 0 bridgehead atoms. The van der Waals surface area contributed by atoms with E-state index in [-0.39, 0.29) is 0 Å². The zero-order chi connectivity index (χ0) is 11.0. The lowest BCUT2D eigenvalue weighted by atomic mass is 10.2. The van der Waals surface area contributed by atoms with E-state index in [1.54, 1.807) is 24.0 Å². The summed E-state index contributed by atoms with van der Waals surface area (Å²) in [6.07, 6.45) is 2.58. The van der Waals surface area contributed by atoms with Gasteiger partial charge in [0.2, 0.25) is 0 Å². The molecule has 7 heteroatoms. The summed E-state index contributed by atoms with van der Waals surface area (Å²) >= 11 is 3.24. The third kappa shape index (κ3) is 1.68. The van der Waals surface area contributed by atoms with Gasteiger partial charge in [-0.05, 0) is 15.9 Å². The number of aromatic nitrogens is 5.